The van der Waals surface area contributed by atoms with E-state index in [1.54, 1.807) is 6.07 Å². The largest absolute Gasteiger partial charge is 0.505 e. The smallest absolute Gasteiger partial charge is 0.148 e. The maximum atomic E-state index is 9.21. The summed E-state index contributed by atoms with van der Waals surface area (Å²) in [6, 6.07) is 3.60. The molecule has 0 amide bonds. The zero-order valence-electron chi connectivity index (χ0n) is 5.36. The van der Waals surface area contributed by atoms with Crippen LogP contribution in [0.2, 0.25) is 5.02 Å². The van der Waals surface area contributed by atoms with Crippen LogP contribution in [0, 0.1) is 6.92 Å². The summed E-state index contributed by atoms with van der Waals surface area (Å²) < 4.78 is 0.628. The third-order valence-corrected chi connectivity index (χ3v) is 2.38. The molecular weight excluding hydrogens is 215 g/mol. The van der Waals surface area contributed by atoms with E-state index in [2.05, 4.69) is 15.9 Å². The predicted octanol–water partition coefficient (Wildman–Crippen LogP) is 3.12. The normalized spacial score (nSPS) is 9.90. The number of hydrogen-bond acceptors (Lipinski definition) is 1. The second-order valence-corrected chi connectivity index (χ2v) is 3.26. The first-order valence-corrected chi connectivity index (χ1v) is 3.93. The molecule has 1 aromatic carbocycles. The summed E-state index contributed by atoms with van der Waals surface area (Å²) in [6.07, 6.45) is 0. The molecule has 10 heavy (non-hydrogen) atoms. The molecule has 0 saturated heterocycles. The van der Waals surface area contributed by atoms with Gasteiger partial charge in [-0.1, -0.05) is 17.7 Å². The Kier molecular flexibility index (Phi) is 2.21. The molecule has 1 N–H and O–H groups in total. The Morgan fingerprint density at radius 1 is 1.50 bits per heavy atom. The lowest BCUT2D eigenvalue weighted by atomic mass is 10.2. The molecule has 0 atom stereocenters. The molecule has 0 heterocycles. The molecule has 0 aliphatic carbocycles. The van der Waals surface area contributed by atoms with Gasteiger partial charge in [-0.05, 0) is 34.5 Å². The van der Waals surface area contributed by atoms with Crippen LogP contribution >= 0.6 is 27.5 Å². The van der Waals surface area contributed by atoms with Crippen LogP contribution in [0.15, 0.2) is 16.6 Å². The van der Waals surface area contributed by atoms with Gasteiger partial charge in [-0.15, -0.1) is 0 Å². The minimum atomic E-state index is 0.113. The molecule has 0 saturated carbocycles. The van der Waals surface area contributed by atoms with Crippen LogP contribution < -0.4 is 0 Å². The predicted molar refractivity (Wildman–Crippen MR) is 45.6 cm³/mol. The van der Waals surface area contributed by atoms with E-state index >= 15 is 0 Å². The van der Waals surface area contributed by atoms with Crippen molar-refractivity contribution in [3.8, 4) is 5.75 Å². The van der Waals surface area contributed by atoms with Crippen LogP contribution in [-0.4, -0.2) is 5.11 Å². The molecule has 54 valence electrons. The van der Waals surface area contributed by atoms with Gasteiger partial charge in [-0.3, -0.25) is 0 Å². The van der Waals surface area contributed by atoms with Crippen molar-refractivity contribution in [2.24, 2.45) is 0 Å². The summed E-state index contributed by atoms with van der Waals surface area (Å²) in [5.74, 6) is 0.113. The fourth-order valence-corrected chi connectivity index (χ4v) is 1.25. The van der Waals surface area contributed by atoms with Crippen molar-refractivity contribution in [1.29, 1.82) is 0 Å². The van der Waals surface area contributed by atoms with Crippen LogP contribution in [0.4, 0.5) is 0 Å². The zero-order chi connectivity index (χ0) is 7.72. The van der Waals surface area contributed by atoms with Gasteiger partial charge in [-0.2, -0.15) is 0 Å². The fourth-order valence-electron chi connectivity index (χ4n) is 0.642. The third kappa shape index (κ3) is 1.27. The quantitative estimate of drug-likeness (QED) is 0.714. The van der Waals surface area contributed by atoms with Gasteiger partial charge in [0.1, 0.15) is 5.75 Å². The molecular formula is C7H6BrClO. The summed E-state index contributed by atoms with van der Waals surface area (Å²) in [6.45, 7) is 1.84. The molecule has 0 radical (unpaired) electrons. The second-order valence-electron chi connectivity index (χ2n) is 2.03. The minimum absolute atomic E-state index is 0.113. The Morgan fingerprint density at radius 2 is 2.10 bits per heavy atom. The monoisotopic (exact) mass is 220 g/mol. The first kappa shape index (κ1) is 7.89. The topological polar surface area (TPSA) is 20.2 Å². The van der Waals surface area contributed by atoms with E-state index in [1.165, 1.54) is 0 Å². The number of phenolic OH excluding ortho intramolecular Hbond substituents is 1. The molecule has 0 unspecified atom stereocenters. The van der Waals surface area contributed by atoms with Gasteiger partial charge in [0.2, 0.25) is 0 Å². The summed E-state index contributed by atoms with van der Waals surface area (Å²) in [4.78, 5) is 0. The third-order valence-electron chi connectivity index (χ3n) is 1.26. The van der Waals surface area contributed by atoms with Crippen LogP contribution in [-0.2, 0) is 0 Å². The average molecular weight is 221 g/mol. The van der Waals surface area contributed by atoms with Crippen LogP contribution in [0.3, 0.4) is 0 Å². The summed E-state index contributed by atoms with van der Waals surface area (Å²) in [7, 11) is 0. The standard InChI is InChI=1S/C7H6BrClO/c1-4-2-3-5(8)7(10)6(4)9/h2-3,10H,1H3. The number of rotatable bonds is 0. The number of phenols is 1. The zero-order valence-corrected chi connectivity index (χ0v) is 7.70. The summed E-state index contributed by atoms with van der Waals surface area (Å²) >= 11 is 8.85. The molecule has 0 bridgehead atoms. The molecule has 1 nitrogen and oxygen atoms in total. The van der Waals surface area contributed by atoms with E-state index < -0.39 is 0 Å². The van der Waals surface area contributed by atoms with Gasteiger partial charge in [-0.25, -0.2) is 0 Å². The molecule has 0 aliphatic rings. The molecule has 0 spiro atoms. The number of hydrogen-bond donors (Lipinski definition) is 1. The van der Waals surface area contributed by atoms with E-state index in [0.717, 1.165) is 5.56 Å². The van der Waals surface area contributed by atoms with Gasteiger partial charge in [0.25, 0.3) is 0 Å². The summed E-state index contributed by atoms with van der Waals surface area (Å²) in [5, 5.41) is 9.62. The Labute approximate surface area is 72.8 Å². The first-order chi connectivity index (χ1) is 4.63. The molecule has 0 aliphatic heterocycles. The maximum Gasteiger partial charge on any atom is 0.148 e. The van der Waals surface area contributed by atoms with Gasteiger partial charge in [0, 0.05) is 0 Å². The SMILES string of the molecule is Cc1ccc(Br)c(O)c1Cl. The van der Waals surface area contributed by atoms with Gasteiger partial charge in [0.15, 0.2) is 0 Å². The van der Waals surface area contributed by atoms with Gasteiger partial charge >= 0.3 is 0 Å². The molecule has 0 aromatic heterocycles. The number of benzene rings is 1. The fraction of sp³-hybridized carbons (Fsp3) is 0.143. The van der Waals surface area contributed by atoms with Crippen molar-refractivity contribution in [3.63, 3.8) is 0 Å². The van der Waals surface area contributed by atoms with Crippen LogP contribution in [0.5, 0.6) is 5.75 Å². The Bertz CT molecular complexity index is 233. The van der Waals surface area contributed by atoms with E-state index in [0.29, 0.717) is 9.50 Å². The lowest BCUT2D eigenvalue weighted by molar-refractivity contribution is 0.472. The Hall–Kier alpha value is -0.210. The van der Waals surface area contributed by atoms with Gasteiger partial charge < -0.3 is 5.11 Å². The van der Waals surface area contributed by atoms with Crippen LogP contribution in [0.25, 0.3) is 0 Å². The van der Waals surface area contributed by atoms with E-state index in [4.69, 9.17) is 11.6 Å². The number of aryl methyl sites for hydroxylation is 1. The Balaban J connectivity index is 3.34. The summed E-state index contributed by atoms with van der Waals surface area (Å²) in [5.41, 5.74) is 0.877. The molecule has 3 heteroatoms. The lowest BCUT2D eigenvalue weighted by Gasteiger charge is -2.01. The number of halogens is 2. The van der Waals surface area contributed by atoms with Gasteiger partial charge in [0.05, 0.1) is 9.50 Å². The van der Waals surface area contributed by atoms with Crippen molar-refractivity contribution >= 4 is 27.5 Å². The van der Waals surface area contributed by atoms with Crippen molar-refractivity contribution in [1.82, 2.24) is 0 Å². The highest BCUT2D eigenvalue weighted by Gasteiger charge is 2.04. The Morgan fingerprint density at radius 3 is 2.60 bits per heavy atom. The van der Waals surface area contributed by atoms with E-state index in [-0.39, 0.29) is 5.75 Å². The first-order valence-electron chi connectivity index (χ1n) is 2.76. The lowest BCUT2D eigenvalue weighted by Crippen LogP contribution is -1.76. The highest BCUT2D eigenvalue weighted by atomic mass is 79.9. The average Bonchev–Trinajstić information content (AvgIpc) is 1.93. The minimum Gasteiger partial charge on any atom is -0.505 e. The van der Waals surface area contributed by atoms with E-state index in [1.807, 2.05) is 13.0 Å². The molecule has 0 fully saturated rings. The molecule has 1 rings (SSSR count). The van der Waals surface area contributed by atoms with E-state index in [9.17, 15) is 5.11 Å². The van der Waals surface area contributed by atoms with Crippen molar-refractivity contribution < 1.29 is 5.11 Å². The second kappa shape index (κ2) is 2.81. The van der Waals surface area contributed by atoms with Crippen LogP contribution in [0.1, 0.15) is 5.56 Å². The van der Waals surface area contributed by atoms with Crippen molar-refractivity contribution in [3.05, 3.63) is 27.2 Å². The highest BCUT2D eigenvalue weighted by Crippen LogP contribution is 2.33. The van der Waals surface area contributed by atoms with Crippen molar-refractivity contribution in [2.45, 2.75) is 6.92 Å². The maximum absolute atomic E-state index is 9.21. The molecule has 1 aromatic rings. The van der Waals surface area contributed by atoms with Crippen molar-refractivity contribution in [2.75, 3.05) is 0 Å². The highest BCUT2D eigenvalue weighted by molar-refractivity contribution is 9.10. The number of aromatic hydroxyl groups is 1.